The van der Waals surface area contributed by atoms with Gasteiger partial charge in [0, 0.05) is 6.42 Å². The lowest BCUT2D eigenvalue weighted by Gasteiger charge is -2.12. The van der Waals surface area contributed by atoms with Gasteiger partial charge in [-0.05, 0) is 30.9 Å². The third kappa shape index (κ3) is 3.95. The fraction of sp³-hybridized carbons (Fsp3) is 0.500. The number of aliphatic hydroxyl groups excluding tert-OH is 1. The van der Waals surface area contributed by atoms with E-state index in [-0.39, 0.29) is 11.9 Å². The molecule has 1 aliphatic rings. The molecular weight excluding hydrogens is 276 g/mol. The first-order valence-corrected chi connectivity index (χ1v) is 8.25. The van der Waals surface area contributed by atoms with Crippen molar-refractivity contribution < 1.29 is 13.5 Å². The van der Waals surface area contributed by atoms with Gasteiger partial charge in [-0.3, -0.25) is 4.72 Å². The highest BCUT2D eigenvalue weighted by molar-refractivity contribution is 7.93. The first-order chi connectivity index (χ1) is 9.62. The third-order valence-electron chi connectivity index (χ3n) is 3.19. The van der Waals surface area contributed by atoms with E-state index in [1.807, 2.05) is 0 Å². The number of pyridine rings is 1. The summed E-state index contributed by atoms with van der Waals surface area (Å²) < 4.78 is 26.8. The minimum absolute atomic E-state index is 0.000992. The van der Waals surface area contributed by atoms with Crippen LogP contribution < -0.4 is 4.72 Å². The molecule has 1 aromatic heterocycles. The number of nitrogens with one attached hydrogen (secondary N) is 1. The van der Waals surface area contributed by atoms with Crippen LogP contribution in [0, 0.1) is 11.8 Å². The lowest BCUT2D eigenvalue weighted by atomic mass is 10.3. The first kappa shape index (κ1) is 14.8. The second-order valence-electron chi connectivity index (χ2n) is 4.74. The fourth-order valence-electron chi connectivity index (χ4n) is 2.20. The normalized spacial score (nSPS) is 15.7. The van der Waals surface area contributed by atoms with Crippen LogP contribution in [0.5, 0.6) is 0 Å². The lowest BCUT2D eigenvalue weighted by molar-refractivity contribution is 0.305. The van der Waals surface area contributed by atoms with E-state index in [0.29, 0.717) is 30.8 Å². The quantitative estimate of drug-likeness (QED) is 0.825. The van der Waals surface area contributed by atoms with E-state index < -0.39 is 10.0 Å². The molecule has 1 saturated carbocycles. The molecule has 0 radical (unpaired) electrons. The third-order valence-corrected chi connectivity index (χ3v) is 5.03. The summed E-state index contributed by atoms with van der Waals surface area (Å²) in [5.74, 6) is 5.84. The van der Waals surface area contributed by atoms with Crippen molar-refractivity contribution in [2.24, 2.45) is 0 Å². The van der Waals surface area contributed by atoms with Crippen molar-refractivity contribution in [3.63, 3.8) is 0 Å². The summed E-state index contributed by atoms with van der Waals surface area (Å²) in [6.45, 7) is 0.000992. The predicted molar refractivity (Wildman–Crippen MR) is 77.6 cm³/mol. The molecule has 108 valence electrons. The van der Waals surface area contributed by atoms with Gasteiger partial charge in [0.05, 0.1) is 11.9 Å². The minimum atomic E-state index is -3.36. The SMILES string of the molecule is O=S(=O)(Nc1cccc(C#CCCO)n1)C1CCCC1. The molecule has 2 rings (SSSR count). The highest BCUT2D eigenvalue weighted by atomic mass is 32.2. The lowest BCUT2D eigenvalue weighted by Crippen LogP contribution is -2.25. The van der Waals surface area contributed by atoms with Crippen LogP contribution in [0.3, 0.4) is 0 Å². The zero-order chi connectivity index (χ0) is 14.4. The smallest absolute Gasteiger partial charge is 0.236 e. The highest BCUT2D eigenvalue weighted by Crippen LogP contribution is 2.25. The summed E-state index contributed by atoms with van der Waals surface area (Å²) in [5, 5.41) is 8.35. The number of aromatic nitrogens is 1. The van der Waals surface area contributed by atoms with E-state index in [2.05, 4.69) is 21.5 Å². The van der Waals surface area contributed by atoms with Gasteiger partial charge in [0.1, 0.15) is 11.5 Å². The van der Waals surface area contributed by atoms with Crippen molar-refractivity contribution in [3.8, 4) is 11.8 Å². The molecule has 1 aliphatic carbocycles. The Morgan fingerprint density at radius 1 is 1.35 bits per heavy atom. The second-order valence-corrected chi connectivity index (χ2v) is 6.70. The summed E-state index contributed by atoms with van der Waals surface area (Å²) in [4.78, 5) is 4.16. The maximum atomic E-state index is 12.2. The van der Waals surface area contributed by atoms with Crippen LogP contribution in [0.1, 0.15) is 37.8 Å². The van der Waals surface area contributed by atoms with Gasteiger partial charge in [-0.25, -0.2) is 13.4 Å². The Bertz CT molecular complexity index is 611. The molecule has 0 aromatic carbocycles. The Labute approximate surface area is 119 Å². The molecule has 0 bridgehead atoms. The molecule has 1 fully saturated rings. The van der Waals surface area contributed by atoms with Gasteiger partial charge >= 0.3 is 0 Å². The van der Waals surface area contributed by atoms with Crippen LogP contribution in [-0.4, -0.2) is 30.4 Å². The summed E-state index contributed by atoms with van der Waals surface area (Å²) in [6.07, 6.45) is 3.73. The number of nitrogens with zero attached hydrogens (tertiary/aromatic N) is 1. The molecule has 0 amide bonds. The molecule has 6 heteroatoms. The molecule has 0 unspecified atom stereocenters. The van der Waals surface area contributed by atoms with E-state index in [1.165, 1.54) is 0 Å². The maximum Gasteiger partial charge on any atom is 0.236 e. The molecule has 0 spiro atoms. The van der Waals surface area contributed by atoms with E-state index in [9.17, 15) is 8.42 Å². The average molecular weight is 294 g/mol. The molecule has 1 heterocycles. The predicted octanol–water partition coefficient (Wildman–Crippen LogP) is 1.50. The van der Waals surface area contributed by atoms with Crippen molar-refractivity contribution >= 4 is 15.8 Å². The first-order valence-electron chi connectivity index (χ1n) is 6.70. The van der Waals surface area contributed by atoms with Crippen LogP contribution in [0.25, 0.3) is 0 Å². The van der Waals surface area contributed by atoms with E-state index in [4.69, 9.17) is 5.11 Å². The summed E-state index contributed by atoms with van der Waals surface area (Å²) in [7, 11) is -3.36. The number of anilines is 1. The Balaban J connectivity index is 2.10. The van der Waals surface area contributed by atoms with E-state index in [0.717, 1.165) is 12.8 Å². The molecule has 2 N–H and O–H groups in total. The second kappa shape index (κ2) is 6.73. The Hall–Kier alpha value is -1.58. The van der Waals surface area contributed by atoms with E-state index in [1.54, 1.807) is 18.2 Å². The van der Waals surface area contributed by atoms with Crippen LogP contribution in [0.2, 0.25) is 0 Å². The molecule has 0 atom stereocenters. The topological polar surface area (TPSA) is 79.3 Å². The van der Waals surface area contributed by atoms with Gasteiger partial charge in [0.25, 0.3) is 0 Å². The van der Waals surface area contributed by atoms with Crippen molar-refractivity contribution in [2.75, 3.05) is 11.3 Å². The van der Waals surface area contributed by atoms with Gasteiger partial charge in [-0.1, -0.05) is 24.8 Å². The number of aliphatic hydroxyl groups is 1. The fourth-order valence-corrected chi connectivity index (χ4v) is 3.72. The largest absolute Gasteiger partial charge is 0.395 e. The molecule has 0 aliphatic heterocycles. The number of hydrogen-bond donors (Lipinski definition) is 2. The van der Waals surface area contributed by atoms with Crippen LogP contribution in [0.15, 0.2) is 18.2 Å². The molecule has 20 heavy (non-hydrogen) atoms. The zero-order valence-corrected chi connectivity index (χ0v) is 12.0. The zero-order valence-electron chi connectivity index (χ0n) is 11.2. The van der Waals surface area contributed by atoms with Crippen molar-refractivity contribution in [1.82, 2.24) is 4.98 Å². The van der Waals surface area contributed by atoms with E-state index >= 15 is 0 Å². The van der Waals surface area contributed by atoms with Crippen LogP contribution in [0.4, 0.5) is 5.82 Å². The minimum Gasteiger partial charge on any atom is -0.395 e. The van der Waals surface area contributed by atoms with Gasteiger partial charge in [-0.15, -0.1) is 0 Å². The Kier molecular flexibility index (Phi) is 4.99. The molecule has 0 saturated heterocycles. The van der Waals surface area contributed by atoms with Gasteiger partial charge in [0.2, 0.25) is 10.0 Å². The number of sulfonamides is 1. The Morgan fingerprint density at radius 3 is 2.80 bits per heavy atom. The summed E-state index contributed by atoms with van der Waals surface area (Å²) >= 11 is 0. The van der Waals surface area contributed by atoms with Gasteiger partial charge in [-0.2, -0.15) is 0 Å². The average Bonchev–Trinajstić information content (AvgIpc) is 2.94. The standard InChI is InChI=1S/C14H18N2O3S/c17-11-4-3-6-12-7-5-10-14(15-12)16-20(18,19)13-8-1-2-9-13/h5,7,10,13,17H,1-2,4,8-9,11H2,(H,15,16). The van der Waals surface area contributed by atoms with Crippen LogP contribution in [-0.2, 0) is 10.0 Å². The van der Waals surface area contributed by atoms with Crippen molar-refractivity contribution in [2.45, 2.75) is 37.4 Å². The van der Waals surface area contributed by atoms with Crippen molar-refractivity contribution in [1.29, 1.82) is 0 Å². The number of rotatable bonds is 4. The Morgan fingerprint density at radius 2 is 2.10 bits per heavy atom. The maximum absolute atomic E-state index is 12.2. The van der Waals surface area contributed by atoms with Gasteiger partial charge < -0.3 is 5.11 Å². The summed E-state index contributed by atoms with van der Waals surface area (Å²) in [5.41, 5.74) is 0.491. The summed E-state index contributed by atoms with van der Waals surface area (Å²) in [6, 6.07) is 5.03. The van der Waals surface area contributed by atoms with Crippen LogP contribution >= 0.6 is 0 Å². The molecule has 5 nitrogen and oxygen atoms in total. The van der Waals surface area contributed by atoms with Gasteiger partial charge in [0.15, 0.2) is 0 Å². The monoisotopic (exact) mass is 294 g/mol. The highest BCUT2D eigenvalue weighted by Gasteiger charge is 2.28. The molecule has 1 aromatic rings. The number of hydrogen-bond acceptors (Lipinski definition) is 4. The molecular formula is C14H18N2O3S. The van der Waals surface area contributed by atoms with Crippen molar-refractivity contribution in [3.05, 3.63) is 23.9 Å².